The van der Waals surface area contributed by atoms with Crippen LogP contribution in [0, 0.1) is 5.92 Å². The average molecular weight is 382 g/mol. The average Bonchev–Trinajstić information content (AvgIpc) is 3.37. The third kappa shape index (κ3) is 4.06. The fourth-order valence-electron chi connectivity index (χ4n) is 3.72. The second-order valence-corrected chi connectivity index (χ2v) is 7.88. The molecule has 0 radical (unpaired) electrons. The van der Waals surface area contributed by atoms with Gasteiger partial charge in [-0.2, -0.15) is 0 Å². The van der Waals surface area contributed by atoms with E-state index in [2.05, 4.69) is 35.0 Å². The molecule has 0 spiro atoms. The summed E-state index contributed by atoms with van der Waals surface area (Å²) in [6, 6.07) is 11.7. The van der Waals surface area contributed by atoms with E-state index < -0.39 is 0 Å². The number of likely N-dealkylation sites (tertiary alicyclic amines) is 1. The highest BCUT2D eigenvalue weighted by atomic mass is 32.1. The Hall–Kier alpha value is -2.60. The van der Waals surface area contributed by atoms with Crippen LogP contribution in [-0.4, -0.2) is 36.3 Å². The molecular formula is C21H22N2O3S. The fraction of sp³-hybridized carbons (Fsp3) is 0.333. The SMILES string of the molecule is O=C(NCC(=O)N1CCC[C@H](Cc2csc3ccccc23)C1)c1ccco1. The third-order valence-corrected chi connectivity index (χ3v) is 6.10. The van der Waals surface area contributed by atoms with E-state index in [1.165, 1.54) is 21.9 Å². The Kier molecular flexibility index (Phi) is 5.25. The van der Waals surface area contributed by atoms with Gasteiger partial charge < -0.3 is 14.6 Å². The van der Waals surface area contributed by atoms with Crippen molar-refractivity contribution in [2.45, 2.75) is 19.3 Å². The number of benzene rings is 1. The number of rotatable bonds is 5. The number of piperidine rings is 1. The minimum absolute atomic E-state index is 0.00757. The molecule has 3 heterocycles. The normalized spacial score (nSPS) is 17.2. The second kappa shape index (κ2) is 7.96. The van der Waals surface area contributed by atoms with Crippen LogP contribution >= 0.6 is 11.3 Å². The van der Waals surface area contributed by atoms with E-state index in [1.54, 1.807) is 23.5 Å². The summed E-state index contributed by atoms with van der Waals surface area (Å²) in [5.74, 6) is 0.298. The highest BCUT2D eigenvalue weighted by molar-refractivity contribution is 7.17. The minimum atomic E-state index is -0.355. The number of carbonyl (C=O) groups is 2. The van der Waals surface area contributed by atoms with Crippen molar-refractivity contribution in [2.75, 3.05) is 19.6 Å². The van der Waals surface area contributed by atoms with Crippen molar-refractivity contribution in [3.8, 4) is 0 Å². The maximum Gasteiger partial charge on any atom is 0.287 e. The first-order valence-corrected chi connectivity index (χ1v) is 10.1. The number of hydrogen-bond acceptors (Lipinski definition) is 4. The van der Waals surface area contributed by atoms with Crippen molar-refractivity contribution in [1.29, 1.82) is 0 Å². The van der Waals surface area contributed by atoms with Gasteiger partial charge in [-0.3, -0.25) is 9.59 Å². The van der Waals surface area contributed by atoms with Gasteiger partial charge in [0.05, 0.1) is 12.8 Å². The molecule has 0 aliphatic carbocycles. The van der Waals surface area contributed by atoms with E-state index in [4.69, 9.17) is 4.42 Å². The Morgan fingerprint density at radius 1 is 1.22 bits per heavy atom. The van der Waals surface area contributed by atoms with E-state index in [9.17, 15) is 9.59 Å². The molecule has 27 heavy (non-hydrogen) atoms. The van der Waals surface area contributed by atoms with Crippen molar-refractivity contribution in [3.05, 3.63) is 59.4 Å². The summed E-state index contributed by atoms with van der Waals surface area (Å²) in [6.45, 7) is 1.52. The molecule has 5 nitrogen and oxygen atoms in total. The lowest BCUT2D eigenvalue weighted by atomic mass is 9.91. The Labute approximate surface area is 162 Å². The van der Waals surface area contributed by atoms with Crippen LogP contribution < -0.4 is 5.32 Å². The molecule has 2 aromatic heterocycles. The van der Waals surface area contributed by atoms with Crippen LogP contribution in [0.4, 0.5) is 0 Å². The summed E-state index contributed by atoms with van der Waals surface area (Å²) in [7, 11) is 0. The van der Waals surface area contributed by atoms with E-state index in [0.717, 1.165) is 32.4 Å². The lowest BCUT2D eigenvalue weighted by Gasteiger charge is -2.33. The van der Waals surface area contributed by atoms with E-state index >= 15 is 0 Å². The first kappa shape index (κ1) is 17.8. The van der Waals surface area contributed by atoms with Gasteiger partial charge in [-0.15, -0.1) is 11.3 Å². The quantitative estimate of drug-likeness (QED) is 0.732. The molecule has 1 aliphatic rings. The van der Waals surface area contributed by atoms with Crippen LogP contribution in [0.25, 0.3) is 10.1 Å². The maximum absolute atomic E-state index is 12.5. The number of nitrogens with zero attached hydrogens (tertiary/aromatic N) is 1. The number of amides is 2. The molecule has 0 saturated carbocycles. The zero-order valence-electron chi connectivity index (χ0n) is 15.0. The van der Waals surface area contributed by atoms with E-state index in [1.807, 2.05) is 4.90 Å². The minimum Gasteiger partial charge on any atom is -0.459 e. The first-order valence-electron chi connectivity index (χ1n) is 9.25. The number of fused-ring (bicyclic) bond motifs is 1. The van der Waals surface area contributed by atoms with Gasteiger partial charge in [-0.05, 0) is 59.7 Å². The second-order valence-electron chi connectivity index (χ2n) is 6.97. The predicted molar refractivity (Wildman–Crippen MR) is 106 cm³/mol. The van der Waals surface area contributed by atoms with Crippen molar-refractivity contribution in [1.82, 2.24) is 10.2 Å². The van der Waals surface area contributed by atoms with Crippen LogP contribution in [0.3, 0.4) is 0 Å². The Balaban J connectivity index is 1.33. The third-order valence-electron chi connectivity index (χ3n) is 5.09. The highest BCUT2D eigenvalue weighted by Crippen LogP contribution is 2.30. The molecular weight excluding hydrogens is 360 g/mol. The summed E-state index contributed by atoms with van der Waals surface area (Å²) >= 11 is 1.78. The van der Waals surface area contributed by atoms with Gasteiger partial charge in [0.2, 0.25) is 5.91 Å². The summed E-state index contributed by atoms with van der Waals surface area (Å²) in [5.41, 5.74) is 1.38. The maximum atomic E-state index is 12.5. The van der Waals surface area contributed by atoms with Crippen molar-refractivity contribution in [3.63, 3.8) is 0 Å². The largest absolute Gasteiger partial charge is 0.459 e. The van der Waals surface area contributed by atoms with E-state index in [0.29, 0.717) is 5.92 Å². The molecule has 3 aromatic rings. The monoisotopic (exact) mass is 382 g/mol. The number of furan rings is 1. The summed E-state index contributed by atoms with van der Waals surface area (Å²) < 4.78 is 6.36. The van der Waals surface area contributed by atoms with Gasteiger partial charge in [0.1, 0.15) is 0 Å². The lowest BCUT2D eigenvalue weighted by molar-refractivity contribution is -0.131. The molecule has 1 aromatic carbocycles. The van der Waals surface area contributed by atoms with Crippen LogP contribution in [0.2, 0.25) is 0 Å². The molecule has 4 rings (SSSR count). The number of hydrogen-bond donors (Lipinski definition) is 1. The molecule has 0 bridgehead atoms. The lowest BCUT2D eigenvalue weighted by Crippen LogP contribution is -2.45. The van der Waals surface area contributed by atoms with Gasteiger partial charge in [0, 0.05) is 17.8 Å². The summed E-state index contributed by atoms with van der Waals surface area (Å²) in [5, 5.41) is 6.22. The number of carbonyl (C=O) groups excluding carboxylic acids is 2. The van der Waals surface area contributed by atoms with Crippen LogP contribution in [0.5, 0.6) is 0 Å². The summed E-state index contributed by atoms with van der Waals surface area (Å²) in [6.07, 6.45) is 4.57. The molecule has 1 aliphatic heterocycles. The van der Waals surface area contributed by atoms with Crippen molar-refractivity contribution in [2.24, 2.45) is 5.92 Å². The van der Waals surface area contributed by atoms with Crippen molar-refractivity contribution >= 4 is 33.2 Å². The molecule has 0 unspecified atom stereocenters. The van der Waals surface area contributed by atoms with Gasteiger partial charge in [0.25, 0.3) is 5.91 Å². The Bertz CT molecular complexity index is 932. The van der Waals surface area contributed by atoms with Gasteiger partial charge in [-0.1, -0.05) is 18.2 Å². The fourth-order valence-corrected chi connectivity index (χ4v) is 4.70. The molecule has 1 saturated heterocycles. The smallest absolute Gasteiger partial charge is 0.287 e. The number of nitrogens with one attached hydrogen (secondary N) is 1. The van der Waals surface area contributed by atoms with Gasteiger partial charge >= 0.3 is 0 Å². The van der Waals surface area contributed by atoms with Crippen LogP contribution in [-0.2, 0) is 11.2 Å². The molecule has 140 valence electrons. The molecule has 1 atom stereocenters. The topological polar surface area (TPSA) is 62.6 Å². The zero-order chi connectivity index (χ0) is 18.6. The van der Waals surface area contributed by atoms with E-state index in [-0.39, 0.29) is 24.1 Å². The summed E-state index contributed by atoms with van der Waals surface area (Å²) in [4.78, 5) is 26.3. The number of thiophene rings is 1. The molecule has 2 amide bonds. The molecule has 6 heteroatoms. The molecule has 1 N–H and O–H groups in total. The van der Waals surface area contributed by atoms with Gasteiger partial charge in [0.15, 0.2) is 5.76 Å². The molecule has 1 fully saturated rings. The first-order chi connectivity index (χ1) is 13.2. The van der Waals surface area contributed by atoms with Gasteiger partial charge in [-0.25, -0.2) is 0 Å². The Morgan fingerprint density at radius 3 is 2.96 bits per heavy atom. The highest BCUT2D eigenvalue weighted by Gasteiger charge is 2.25. The predicted octanol–water partition coefficient (Wildman–Crippen LogP) is 3.71. The zero-order valence-corrected chi connectivity index (χ0v) is 15.8. The van der Waals surface area contributed by atoms with Crippen LogP contribution in [0.15, 0.2) is 52.5 Å². The Morgan fingerprint density at radius 2 is 2.11 bits per heavy atom. The standard InChI is InChI=1S/C21H22N2O3S/c24-20(12-22-21(25)18-7-4-10-26-18)23-9-3-5-15(13-23)11-16-14-27-19-8-2-1-6-17(16)19/h1-2,4,6-8,10,14-15H,3,5,9,11-13H2,(H,22,25)/t15-/m1/s1. The van der Waals surface area contributed by atoms with Crippen molar-refractivity contribution < 1.29 is 14.0 Å². The van der Waals surface area contributed by atoms with Crippen LogP contribution in [0.1, 0.15) is 29.0 Å².